The largest absolute Gasteiger partial charge is 0.396 e. The highest BCUT2D eigenvalue weighted by molar-refractivity contribution is 4.91. The number of hydrogen-bond acceptors (Lipinski definition) is 3. The van der Waals surface area contributed by atoms with Gasteiger partial charge in [0.05, 0.1) is 0 Å². The third-order valence-corrected chi connectivity index (χ3v) is 3.31. The molecule has 2 atom stereocenters. The first-order valence-corrected chi connectivity index (χ1v) is 5.47. The molecule has 2 unspecified atom stereocenters. The Morgan fingerprint density at radius 2 is 2.31 bits per heavy atom. The van der Waals surface area contributed by atoms with E-state index in [0.29, 0.717) is 6.61 Å². The first-order chi connectivity index (χ1) is 6.40. The van der Waals surface area contributed by atoms with E-state index >= 15 is 0 Å². The monoisotopic (exact) mass is 184 g/mol. The smallest absolute Gasteiger partial charge is 0.0443 e. The molecular weight excluding hydrogens is 164 g/mol. The van der Waals surface area contributed by atoms with Crippen molar-refractivity contribution in [3.05, 3.63) is 0 Å². The quantitative estimate of drug-likeness (QED) is 0.651. The van der Waals surface area contributed by atoms with Crippen molar-refractivity contribution in [2.24, 2.45) is 5.92 Å². The summed E-state index contributed by atoms with van der Waals surface area (Å²) in [5, 5.41) is 12.3. The molecule has 0 aromatic rings. The van der Waals surface area contributed by atoms with E-state index in [0.717, 1.165) is 24.9 Å². The van der Waals surface area contributed by atoms with Crippen LogP contribution in [0.2, 0.25) is 0 Å². The van der Waals surface area contributed by atoms with Crippen molar-refractivity contribution >= 4 is 0 Å². The van der Waals surface area contributed by atoms with E-state index in [1.165, 1.54) is 32.5 Å². The van der Waals surface area contributed by atoms with Gasteiger partial charge in [-0.1, -0.05) is 0 Å². The van der Waals surface area contributed by atoms with Crippen LogP contribution >= 0.6 is 0 Å². The van der Waals surface area contributed by atoms with Crippen LogP contribution in [0.5, 0.6) is 0 Å². The fraction of sp³-hybridized carbons (Fsp3) is 1.00. The van der Waals surface area contributed by atoms with Gasteiger partial charge in [0.2, 0.25) is 0 Å². The number of nitrogens with one attached hydrogen (secondary N) is 1. The van der Waals surface area contributed by atoms with Crippen LogP contribution in [-0.4, -0.2) is 48.8 Å². The highest BCUT2D eigenvalue weighted by Crippen LogP contribution is 2.24. The fourth-order valence-corrected chi connectivity index (χ4v) is 2.61. The van der Waals surface area contributed by atoms with Gasteiger partial charge in [-0.2, -0.15) is 0 Å². The van der Waals surface area contributed by atoms with Gasteiger partial charge in [0, 0.05) is 32.3 Å². The van der Waals surface area contributed by atoms with Gasteiger partial charge in [-0.25, -0.2) is 0 Å². The minimum absolute atomic E-state index is 0.333. The zero-order valence-corrected chi connectivity index (χ0v) is 8.21. The minimum Gasteiger partial charge on any atom is -0.396 e. The molecule has 2 N–H and O–H groups in total. The van der Waals surface area contributed by atoms with Crippen molar-refractivity contribution in [2.75, 3.05) is 32.8 Å². The molecule has 2 saturated heterocycles. The van der Waals surface area contributed by atoms with Crippen molar-refractivity contribution in [1.82, 2.24) is 10.2 Å². The normalized spacial score (nSPS) is 34.8. The van der Waals surface area contributed by atoms with Gasteiger partial charge in [0.1, 0.15) is 0 Å². The topological polar surface area (TPSA) is 35.5 Å². The lowest BCUT2D eigenvalue weighted by molar-refractivity contribution is 0.243. The van der Waals surface area contributed by atoms with E-state index in [-0.39, 0.29) is 0 Å². The first kappa shape index (κ1) is 9.44. The van der Waals surface area contributed by atoms with Crippen LogP contribution in [0.4, 0.5) is 0 Å². The molecule has 0 aliphatic carbocycles. The molecule has 0 aromatic carbocycles. The fourth-order valence-electron chi connectivity index (χ4n) is 2.61. The molecule has 2 rings (SSSR count). The van der Waals surface area contributed by atoms with Crippen LogP contribution in [0.25, 0.3) is 0 Å². The van der Waals surface area contributed by atoms with Crippen LogP contribution in [0.3, 0.4) is 0 Å². The van der Waals surface area contributed by atoms with E-state index in [1.54, 1.807) is 0 Å². The highest BCUT2D eigenvalue weighted by atomic mass is 16.3. The molecule has 76 valence electrons. The maximum absolute atomic E-state index is 8.74. The summed E-state index contributed by atoms with van der Waals surface area (Å²) in [6.45, 7) is 5.06. The number of aliphatic hydroxyl groups excluding tert-OH is 1. The summed E-state index contributed by atoms with van der Waals surface area (Å²) in [7, 11) is 0. The Kier molecular flexibility index (Phi) is 3.19. The summed E-state index contributed by atoms with van der Waals surface area (Å²) in [4.78, 5) is 2.49. The third kappa shape index (κ3) is 2.22. The zero-order valence-electron chi connectivity index (χ0n) is 8.21. The number of fused-ring (bicyclic) bond motifs is 1. The van der Waals surface area contributed by atoms with E-state index in [2.05, 4.69) is 10.2 Å². The molecule has 3 heteroatoms. The molecule has 13 heavy (non-hydrogen) atoms. The number of hydrogen-bond donors (Lipinski definition) is 2. The molecule has 2 heterocycles. The molecule has 0 saturated carbocycles. The van der Waals surface area contributed by atoms with Crippen LogP contribution in [0.15, 0.2) is 0 Å². The molecule has 0 bridgehead atoms. The Labute approximate surface area is 80.1 Å². The molecule has 0 aromatic heterocycles. The van der Waals surface area contributed by atoms with Gasteiger partial charge in [0.25, 0.3) is 0 Å². The summed E-state index contributed by atoms with van der Waals surface area (Å²) < 4.78 is 0. The van der Waals surface area contributed by atoms with Crippen LogP contribution < -0.4 is 5.32 Å². The lowest BCUT2D eigenvalue weighted by atomic mass is 9.94. The molecule has 3 nitrogen and oxygen atoms in total. The van der Waals surface area contributed by atoms with Crippen LogP contribution in [0.1, 0.15) is 19.3 Å². The summed E-state index contributed by atoms with van der Waals surface area (Å²) >= 11 is 0. The Hall–Kier alpha value is -0.120. The third-order valence-electron chi connectivity index (χ3n) is 3.31. The Morgan fingerprint density at radius 1 is 1.38 bits per heavy atom. The minimum atomic E-state index is 0.333. The lowest BCUT2D eigenvalue weighted by Gasteiger charge is -2.24. The van der Waals surface area contributed by atoms with Crippen molar-refractivity contribution in [1.29, 1.82) is 0 Å². The number of aliphatic hydroxyl groups is 1. The van der Waals surface area contributed by atoms with Crippen molar-refractivity contribution in [3.63, 3.8) is 0 Å². The number of rotatable bonds is 3. The van der Waals surface area contributed by atoms with Gasteiger partial charge >= 0.3 is 0 Å². The van der Waals surface area contributed by atoms with Gasteiger partial charge < -0.3 is 15.3 Å². The second kappa shape index (κ2) is 4.40. The number of likely N-dealkylation sites (tertiary alicyclic amines) is 1. The van der Waals surface area contributed by atoms with Gasteiger partial charge in [-0.3, -0.25) is 0 Å². The zero-order chi connectivity index (χ0) is 9.10. The molecule has 2 aliphatic heterocycles. The predicted molar refractivity (Wildman–Crippen MR) is 52.7 cm³/mol. The maximum Gasteiger partial charge on any atom is 0.0443 e. The second-order valence-electron chi connectivity index (χ2n) is 4.30. The van der Waals surface area contributed by atoms with E-state index in [1.807, 2.05) is 0 Å². The molecule has 0 radical (unpaired) electrons. The van der Waals surface area contributed by atoms with Gasteiger partial charge in [-0.15, -0.1) is 0 Å². The van der Waals surface area contributed by atoms with Crippen molar-refractivity contribution in [3.8, 4) is 0 Å². The summed E-state index contributed by atoms with van der Waals surface area (Å²) in [5.74, 6) is 0.882. The maximum atomic E-state index is 8.74. The molecule has 2 fully saturated rings. The van der Waals surface area contributed by atoms with Gasteiger partial charge in [0.15, 0.2) is 0 Å². The second-order valence-corrected chi connectivity index (χ2v) is 4.30. The summed E-state index contributed by atoms with van der Waals surface area (Å²) in [5.41, 5.74) is 0. The average Bonchev–Trinajstić information content (AvgIpc) is 2.57. The van der Waals surface area contributed by atoms with Gasteiger partial charge in [-0.05, 0) is 31.7 Å². The average molecular weight is 184 g/mol. The predicted octanol–water partition coefficient (Wildman–Crippen LogP) is 0.0526. The highest BCUT2D eigenvalue weighted by Gasteiger charge is 2.33. The molecule has 2 aliphatic rings. The lowest BCUT2D eigenvalue weighted by Crippen LogP contribution is -2.40. The van der Waals surface area contributed by atoms with E-state index < -0.39 is 0 Å². The van der Waals surface area contributed by atoms with Crippen LogP contribution in [-0.2, 0) is 0 Å². The standard InChI is InChI=1S/C10H20N2O/c13-6-2-5-12-7-9-3-1-4-11-10(9)8-12/h9-11,13H,1-8H2. The Bertz CT molecular complexity index is 149. The van der Waals surface area contributed by atoms with Crippen molar-refractivity contribution < 1.29 is 5.11 Å². The molecular formula is C10H20N2O. The summed E-state index contributed by atoms with van der Waals surface area (Å²) in [6.07, 6.45) is 3.67. The van der Waals surface area contributed by atoms with E-state index in [9.17, 15) is 0 Å². The Balaban J connectivity index is 1.77. The van der Waals surface area contributed by atoms with E-state index in [4.69, 9.17) is 5.11 Å². The van der Waals surface area contributed by atoms with Crippen molar-refractivity contribution in [2.45, 2.75) is 25.3 Å². The number of nitrogens with zero attached hydrogens (tertiary/aromatic N) is 1. The summed E-state index contributed by atoms with van der Waals surface area (Å²) in [6, 6.07) is 0.743. The SMILES string of the molecule is OCCCN1CC2CCCNC2C1. The number of piperidine rings is 1. The first-order valence-electron chi connectivity index (χ1n) is 5.47. The molecule has 0 amide bonds. The molecule has 0 spiro atoms. The van der Waals surface area contributed by atoms with Crippen LogP contribution in [0, 0.1) is 5.92 Å². The Morgan fingerprint density at radius 3 is 3.08 bits per heavy atom.